The Labute approximate surface area is 78.8 Å². The third-order valence-electron chi connectivity index (χ3n) is 2.47. The third kappa shape index (κ3) is 2.08. The average molecular weight is 177 g/mol. The van der Waals surface area contributed by atoms with Gasteiger partial charge in [-0.25, -0.2) is 0 Å². The zero-order chi connectivity index (χ0) is 9.26. The summed E-state index contributed by atoms with van der Waals surface area (Å²) < 4.78 is 0. The molecule has 0 spiro atoms. The molecule has 0 saturated heterocycles. The highest BCUT2D eigenvalue weighted by atomic mass is 16.5. The zero-order valence-corrected chi connectivity index (χ0v) is 7.90. The lowest BCUT2D eigenvalue weighted by Crippen LogP contribution is -2.12. The summed E-state index contributed by atoms with van der Waals surface area (Å²) in [4.78, 5) is 0. The Hall–Kier alpha value is -0.860. The van der Waals surface area contributed by atoms with Crippen molar-refractivity contribution >= 4 is 0 Å². The first-order valence-corrected chi connectivity index (χ1v) is 4.75. The van der Waals surface area contributed by atoms with Gasteiger partial charge in [-0.2, -0.15) is 5.06 Å². The predicted octanol–water partition coefficient (Wildman–Crippen LogP) is 2.39. The Morgan fingerprint density at radius 2 is 2.08 bits per heavy atom. The molecular formula is C11H15NO. The van der Waals surface area contributed by atoms with Gasteiger partial charge in [0.15, 0.2) is 0 Å². The summed E-state index contributed by atoms with van der Waals surface area (Å²) in [6.07, 6.45) is 2.62. The van der Waals surface area contributed by atoms with Gasteiger partial charge in [0.25, 0.3) is 0 Å². The van der Waals surface area contributed by atoms with Crippen LogP contribution >= 0.6 is 0 Å². The van der Waals surface area contributed by atoms with Gasteiger partial charge in [-0.05, 0) is 29.9 Å². The van der Waals surface area contributed by atoms with Crippen molar-refractivity contribution < 1.29 is 5.21 Å². The maximum Gasteiger partial charge on any atom is 0.0488 e. The summed E-state index contributed by atoms with van der Waals surface area (Å²) in [6, 6.07) is 8.39. The molecule has 0 atom stereocenters. The Balaban J connectivity index is 2.21. The molecule has 0 aliphatic heterocycles. The van der Waals surface area contributed by atoms with Crippen molar-refractivity contribution in [1.82, 2.24) is 5.06 Å². The summed E-state index contributed by atoms with van der Waals surface area (Å²) in [5.41, 5.74) is 2.68. The lowest BCUT2D eigenvalue weighted by atomic mass is 10.0. The quantitative estimate of drug-likeness (QED) is 0.716. The standard InChI is InChI=1S/C11H15NO/c1-12(13)8-10-4-2-3-5-11(10)9-6-7-9/h2-5,9,13H,6-8H2,1H3. The van der Waals surface area contributed by atoms with Crippen LogP contribution in [0.25, 0.3) is 0 Å². The molecule has 2 nitrogen and oxygen atoms in total. The topological polar surface area (TPSA) is 23.5 Å². The molecule has 13 heavy (non-hydrogen) atoms. The molecule has 0 amide bonds. The summed E-state index contributed by atoms with van der Waals surface area (Å²) in [5, 5.41) is 10.4. The van der Waals surface area contributed by atoms with E-state index in [1.165, 1.54) is 29.0 Å². The van der Waals surface area contributed by atoms with Crippen LogP contribution < -0.4 is 0 Å². The number of benzene rings is 1. The van der Waals surface area contributed by atoms with Crippen molar-refractivity contribution in [3.63, 3.8) is 0 Å². The fourth-order valence-corrected chi connectivity index (χ4v) is 1.72. The Morgan fingerprint density at radius 3 is 2.69 bits per heavy atom. The van der Waals surface area contributed by atoms with Crippen molar-refractivity contribution in [1.29, 1.82) is 0 Å². The van der Waals surface area contributed by atoms with E-state index >= 15 is 0 Å². The molecule has 2 heteroatoms. The SMILES string of the molecule is CN(O)Cc1ccccc1C1CC1. The van der Waals surface area contributed by atoms with Gasteiger partial charge in [-0.1, -0.05) is 24.3 Å². The van der Waals surface area contributed by atoms with E-state index in [-0.39, 0.29) is 0 Å². The van der Waals surface area contributed by atoms with Crippen LogP contribution in [-0.4, -0.2) is 17.3 Å². The fourth-order valence-electron chi connectivity index (χ4n) is 1.72. The van der Waals surface area contributed by atoms with Crippen LogP contribution in [0.2, 0.25) is 0 Å². The number of hydrogen-bond donors (Lipinski definition) is 1. The molecular weight excluding hydrogens is 162 g/mol. The summed E-state index contributed by atoms with van der Waals surface area (Å²) in [6.45, 7) is 0.632. The molecule has 0 aromatic heterocycles. The van der Waals surface area contributed by atoms with Gasteiger partial charge in [0.2, 0.25) is 0 Å². The molecule has 70 valence electrons. The van der Waals surface area contributed by atoms with Crippen molar-refractivity contribution in [3.05, 3.63) is 35.4 Å². The Kier molecular flexibility index (Phi) is 2.34. The van der Waals surface area contributed by atoms with Crippen LogP contribution in [0, 0.1) is 0 Å². The second-order valence-corrected chi connectivity index (χ2v) is 3.79. The van der Waals surface area contributed by atoms with Gasteiger partial charge < -0.3 is 5.21 Å². The van der Waals surface area contributed by atoms with Gasteiger partial charge in [0.05, 0.1) is 0 Å². The molecule has 2 rings (SSSR count). The number of rotatable bonds is 3. The van der Waals surface area contributed by atoms with Gasteiger partial charge in [0.1, 0.15) is 0 Å². The maximum absolute atomic E-state index is 9.17. The van der Waals surface area contributed by atoms with Gasteiger partial charge in [-0.3, -0.25) is 0 Å². The normalized spacial score (nSPS) is 16.5. The fraction of sp³-hybridized carbons (Fsp3) is 0.455. The molecule has 1 N–H and O–H groups in total. The lowest BCUT2D eigenvalue weighted by Gasteiger charge is -2.12. The first-order valence-electron chi connectivity index (χ1n) is 4.75. The van der Waals surface area contributed by atoms with Crippen molar-refractivity contribution in [2.45, 2.75) is 25.3 Å². The van der Waals surface area contributed by atoms with Gasteiger partial charge in [-0.15, -0.1) is 0 Å². The van der Waals surface area contributed by atoms with Crippen LogP contribution in [0.4, 0.5) is 0 Å². The molecule has 1 aromatic carbocycles. The monoisotopic (exact) mass is 177 g/mol. The third-order valence-corrected chi connectivity index (χ3v) is 2.47. The lowest BCUT2D eigenvalue weighted by molar-refractivity contribution is -0.0733. The minimum Gasteiger partial charge on any atom is -0.314 e. The summed E-state index contributed by atoms with van der Waals surface area (Å²) >= 11 is 0. The molecule has 1 aliphatic carbocycles. The van der Waals surface area contributed by atoms with Crippen LogP contribution in [0.5, 0.6) is 0 Å². The molecule has 1 fully saturated rings. The van der Waals surface area contributed by atoms with E-state index in [1.54, 1.807) is 7.05 Å². The Bertz CT molecular complexity index is 292. The second-order valence-electron chi connectivity index (χ2n) is 3.79. The zero-order valence-electron chi connectivity index (χ0n) is 7.90. The van der Waals surface area contributed by atoms with E-state index in [4.69, 9.17) is 5.21 Å². The molecule has 0 unspecified atom stereocenters. The Morgan fingerprint density at radius 1 is 1.38 bits per heavy atom. The highest BCUT2D eigenvalue weighted by molar-refractivity contribution is 5.32. The minimum absolute atomic E-state index is 0.632. The predicted molar refractivity (Wildman–Crippen MR) is 51.7 cm³/mol. The number of hydrogen-bond acceptors (Lipinski definition) is 2. The van der Waals surface area contributed by atoms with Crippen LogP contribution in [0.15, 0.2) is 24.3 Å². The smallest absolute Gasteiger partial charge is 0.0488 e. The van der Waals surface area contributed by atoms with E-state index in [0.29, 0.717) is 6.54 Å². The van der Waals surface area contributed by atoms with Gasteiger partial charge >= 0.3 is 0 Å². The molecule has 0 radical (unpaired) electrons. The van der Waals surface area contributed by atoms with Crippen LogP contribution in [-0.2, 0) is 6.54 Å². The molecule has 1 aromatic rings. The molecule has 1 saturated carbocycles. The second kappa shape index (κ2) is 3.48. The average Bonchev–Trinajstić information content (AvgIpc) is 2.87. The number of nitrogens with zero attached hydrogens (tertiary/aromatic N) is 1. The first kappa shape index (κ1) is 8.73. The van der Waals surface area contributed by atoms with Crippen molar-refractivity contribution in [2.24, 2.45) is 0 Å². The largest absolute Gasteiger partial charge is 0.314 e. The van der Waals surface area contributed by atoms with Crippen LogP contribution in [0.1, 0.15) is 29.9 Å². The molecule has 0 bridgehead atoms. The highest BCUT2D eigenvalue weighted by Crippen LogP contribution is 2.41. The van der Waals surface area contributed by atoms with Crippen LogP contribution in [0.3, 0.4) is 0 Å². The van der Waals surface area contributed by atoms with Gasteiger partial charge in [0, 0.05) is 13.6 Å². The summed E-state index contributed by atoms with van der Waals surface area (Å²) in [7, 11) is 1.68. The summed E-state index contributed by atoms with van der Waals surface area (Å²) in [5.74, 6) is 0.760. The molecule has 1 aliphatic rings. The highest BCUT2D eigenvalue weighted by Gasteiger charge is 2.25. The first-order chi connectivity index (χ1) is 6.27. The minimum atomic E-state index is 0.632. The van der Waals surface area contributed by atoms with E-state index < -0.39 is 0 Å². The van der Waals surface area contributed by atoms with Crippen molar-refractivity contribution in [2.75, 3.05) is 7.05 Å². The van der Waals surface area contributed by atoms with E-state index in [1.807, 2.05) is 6.07 Å². The van der Waals surface area contributed by atoms with E-state index in [9.17, 15) is 0 Å². The van der Waals surface area contributed by atoms with Crippen molar-refractivity contribution in [3.8, 4) is 0 Å². The van der Waals surface area contributed by atoms with E-state index in [0.717, 1.165) is 5.92 Å². The van der Waals surface area contributed by atoms with E-state index in [2.05, 4.69) is 18.2 Å². The molecule has 0 heterocycles. The number of hydroxylamine groups is 2. The maximum atomic E-state index is 9.17.